The molecule has 1 N–H and O–H groups in total. The Morgan fingerprint density at radius 2 is 2.23 bits per heavy atom. The smallest absolute Gasteiger partial charge is 0.306 e. The number of esters is 1. The van der Waals surface area contributed by atoms with Crippen LogP contribution in [-0.4, -0.2) is 33.7 Å². The summed E-state index contributed by atoms with van der Waals surface area (Å²) in [6.07, 6.45) is -0.00330. The van der Waals surface area contributed by atoms with Crippen LogP contribution in [0.2, 0.25) is 5.02 Å². The Morgan fingerprint density at radius 1 is 1.38 bits per heavy atom. The van der Waals surface area contributed by atoms with E-state index in [-0.39, 0.29) is 19.0 Å². The van der Waals surface area contributed by atoms with E-state index in [0.717, 1.165) is 11.7 Å². The Morgan fingerprint density at radius 3 is 3.04 bits per heavy atom. The molecule has 0 saturated carbocycles. The van der Waals surface area contributed by atoms with Crippen LogP contribution in [0, 0.1) is 0 Å². The van der Waals surface area contributed by atoms with Crippen LogP contribution in [-0.2, 0) is 9.53 Å². The minimum atomic E-state index is -0.540. The Hall–Kier alpha value is -2.58. The standard InChI is InChI=1S/C17H13ClN2O5S/c1-23-14(22)6-9(8-4-10(18)17-13(5-8)24-7-25-17)15-12(21)3-2-11-16(15)20-26-19-11/h2-5,9,21H,6-7H2,1H3/t9-/m1/s1. The van der Waals surface area contributed by atoms with Crippen molar-refractivity contribution in [3.63, 3.8) is 0 Å². The topological polar surface area (TPSA) is 90.8 Å². The molecule has 1 aliphatic rings. The monoisotopic (exact) mass is 392 g/mol. The largest absolute Gasteiger partial charge is 0.508 e. The highest BCUT2D eigenvalue weighted by Gasteiger charge is 2.28. The molecule has 0 bridgehead atoms. The second-order valence-electron chi connectivity index (χ2n) is 5.70. The minimum absolute atomic E-state index is 0.00330. The van der Waals surface area contributed by atoms with E-state index in [9.17, 15) is 9.90 Å². The van der Waals surface area contributed by atoms with E-state index < -0.39 is 11.9 Å². The van der Waals surface area contributed by atoms with Gasteiger partial charge in [0.05, 0.1) is 30.3 Å². The van der Waals surface area contributed by atoms with Gasteiger partial charge in [0.2, 0.25) is 6.79 Å². The molecule has 1 aromatic heterocycles. The van der Waals surface area contributed by atoms with E-state index in [0.29, 0.717) is 38.7 Å². The molecule has 2 heterocycles. The number of nitrogens with zero attached hydrogens (tertiary/aromatic N) is 2. The number of rotatable bonds is 4. The van der Waals surface area contributed by atoms with E-state index >= 15 is 0 Å². The predicted octanol–water partition coefficient (Wildman–Crippen LogP) is 3.47. The first-order chi connectivity index (χ1) is 12.6. The second kappa shape index (κ2) is 6.62. The number of ether oxygens (including phenoxy) is 3. The van der Waals surface area contributed by atoms with E-state index in [2.05, 4.69) is 8.75 Å². The van der Waals surface area contributed by atoms with Gasteiger partial charge in [0.1, 0.15) is 16.8 Å². The average molecular weight is 393 g/mol. The Labute approximate surface area is 157 Å². The Balaban J connectivity index is 1.91. The summed E-state index contributed by atoms with van der Waals surface area (Å²) in [6.45, 7) is 0.0804. The van der Waals surface area contributed by atoms with Crippen molar-refractivity contribution in [2.24, 2.45) is 0 Å². The summed E-state index contributed by atoms with van der Waals surface area (Å²) in [5.41, 5.74) is 2.36. The summed E-state index contributed by atoms with van der Waals surface area (Å²) in [4.78, 5) is 12.0. The lowest BCUT2D eigenvalue weighted by atomic mass is 9.86. The summed E-state index contributed by atoms with van der Waals surface area (Å²) < 4.78 is 24.1. The van der Waals surface area contributed by atoms with E-state index in [1.54, 1.807) is 18.2 Å². The molecule has 4 rings (SSSR count). The van der Waals surface area contributed by atoms with Crippen molar-refractivity contribution in [2.45, 2.75) is 12.3 Å². The van der Waals surface area contributed by atoms with Gasteiger partial charge in [0.15, 0.2) is 11.5 Å². The van der Waals surface area contributed by atoms with Crippen LogP contribution < -0.4 is 9.47 Å². The van der Waals surface area contributed by atoms with Crippen molar-refractivity contribution in [1.82, 2.24) is 8.75 Å². The molecule has 7 nitrogen and oxygen atoms in total. The molecule has 26 heavy (non-hydrogen) atoms. The molecule has 0 fully saturated rings. The van der Waals surface area contributed by atoms with Gasteiger partial charge >= 0.3 is 5.97 Å². The van der Waals surface area contributed by atoms with Crippen molar-refractivity contribution in [3.05, 3.63) is 40.4 Å². The third-order valence-corrected chi connectivity index (χ3v) is 5.07. The summed E-state index contributed by atoms with van der Waals surface area (Å²) in [5.74, 6) is 0.00810. The lowest BCUT2D eigenvalue weighted by molar-refractivity contribution is -0.140. The number of phenols is 1. The van der Waals surface area contributed by atoms with Crippen molar-refractivity contribution in [3.8, 4) is 17.2 Å². The molecule has 2 aromatic carbocycles. The zero-order valence-electron chi connectivity index (χ0n) is 13.6. The van der Waals surface area contributed by atoms with Crippen LogP contribution in [0.5, 0.6) is 17.2 Å². The molecule has 9 heteroatoms. The summed E-state index contributed by atoms with van der Waals surface area (Å²) in [6, 6.07) is 6.66. The lowest BCUT2D eigenvalue weighted by Crippen LogP contribution is -2.11. The fraction of sp³-hybridized carbons (Fsp3) is 0.235. The van der Waals surface area contributed by atoms with Crippen LogP contribution in [0.4, 0.5) is 0 Å². The maximum atomic E-state index is 12.0. The second-order valence-corrected chi connectivity index (χ2v) is 6.64. The third-order valence-electron chi connectivity index (χ3n) is 4.24. The number of methoxy groups -OCH3 is 1. The molecule has 0 spiro atoms. The van der Waals surface area contributed by atoms with Crippen LogP contribution in [0.25, 0.3) is 11.0 Å². The van der Waals surface area contributed by atoms with Gasteiger partial charge < -0.3 is 19.3 Å². The summed E-state index contributed by atoms with van der Waals surface area (Å²) in [5, 5.41) is 10.9. The third kappa shape index (κ3) is 2.81. The van der Waals surface area contributed by atoms with Gasteiger partial charge in [0.25, 0.3) is 0 Å². The molecule has 0 saturated heterocycles. The van der Waals surface area contributed by atoms with Crippen molar-refractivity contribution >= 4 is 40.3 Å². The number of halogens is 1. The number of carbonyl (C=O) groups excluding carboxylic acids is 1. The SMILES string of the molecule is COC(=O)C[C@H](c1cc(Cl)c2c(c1)OCO2)c1c(O)ccc2nsnc12. The first-order valence-corrected chi connectivity index (χ1v) is 8.79. The van der Waals surface area contributed by atoms with Crippen molar-refractivity contribution in [1.29, 1.82) is 0 Å². The molecule has 0 amide bonds. The predicted molar refractivity (Wildman–Crippen MR) is 95.1 cm³/mol. The molecule has 0 unspecified atom stereocenters. The normalized spacial score (nSPS) is 13.8. The van der Waals surface area contributed by atoms with Crippen molar-refractivity contribution in [2.75, 3.05) is 13.9 Å². The minimum Gasteiger partial charge on any atom is -0.508 e. The molecule has 0 radical (unpaired) electrons. The van der Waals surface area contributed by atoms with Crippen LogP contribution in [0.1, 0.15) is 23.5 Å². The van der Waals surface area contributed by atoms with Gasteiger partial charge in [-0.05, 0) is 29.8 Å². The van der Waals surface area contributed by atoms with Crippen LogP contribution >= 0.6 is 23.3 Å². The van der Waals surface area contributed by atoms with E-state index in [1.165, 1.54) is 13.2 Å². The highest BCUT2D eigenvalue weighted by molar-refractivity contribution is 7.00. The zero-order chi connectivity index (χ0) is 18.3. The number of fused-ring (bicyclic) bond motifs is 2. The highest BCUT2D eigenvalue weighted by atomic mass is 35.5. The fourth-order valence-electron chi connectivity index (χ4n) is 3.03. The van der Waals surface area contributed by atoms with Crippen LogP contribution in [0.15, 0.2) is 24.3 Å². The number of hydrogen-bond acceptors (Lipinski definition) is 8. The fourth-order valence-corrected chi connectivity index (χ4v) is 3.85. The van der Waals surface area contributed by atoms with Crippen LogP contribution in [0.3, 0.4) is 0 Å². The molecule has 0 aliphatic carbocycles. The maximum absolute atomic E-state index is 12.0. The molecule has 3 aromatic rings. The highest BCUT2D eigenvalue weighted by Crippen LogP contribution is 2.45. The molecule has 134 valence electrons. The first-order valence-electron chi connectivity index (χ1n) is 7.68. The summed E-state index contributed by atoms with van der Waals surface area (Å²) in [7, 11) is 1.32. The zero-order valence-corrected chi connectivity index (χ0v) is 15.1. The van der Waals surface area contributed by atoms with Gasteiger partial charge in [-0.25, -0.2) is 0 Å². The molecule has 1 atom stereocenters. The Kier molecular flexibility index (Phi) is 4.29. The Bertz CT molecular complexity index is 1010. The molecular weight excluding hydrogens is 380 g/mol. The number of benzene rings is 2. The van der Waals surface area contributed by atoms with Crippen molar-refractivity contribution < 1.29 is 24.1 Å². The maximum Gasteiger partial charge on any atom is 0.306 e. The number of phenolic OH excluding ortho intramolecular Hbond substituents is 1. The van der Waals surface area contributed by atoms with Gasteiger partial charge in [-0.2, -0.15) is 8.75 Å². The average Bonchev–Trinajstić information content (AvgIpc) is 3.28. The number of aromatic nitrogens is 2. The van der Waals surface area contributed by atoms with Gasteiger partial charge in [-0.15, -0.1) is 0 Å². The lowest BCUT2D eigenvalue weighted by Gasteiger charge is -2.19. The molecular formula is C17H13ClN2O5S. The van der Waals surface area contributed by atoms with Gasteiger partial charge in [-0.1, -0.05) is 11.6 Å². The van der Waals surface area contributed by atoms with E-state index in [4.69, 9.17) is 25.8 Å². The van der Waals surface area contributed by atoms with Gasteiger partial charge in [-0.3, -0.25) is 4.79 Å². The first kappa shape index (κ1) is 16.9. The van der Waals surface area contributed by atoms with E-state index in [1.807, 2.05) is 0 Å². The number of hydrogen-bond donors (Lipinski definition) is 1. The quantitative estimate of drug-likeness (QED) is 0.679. The molecule has 1 aliphatic heterocycles. The van der Waals surface area contributed by atoms with Gasteiger partial charge in [0, 0.05) is 11.5 Å². The number of aromatic hydroxyl groups is 1. The summed E-state index contributed by atoms with van der Waals surface area (Å²) >= 11 is 7.34. The number of carbonyl (C=O) groups is 1.